The molecule has 3 aromatic rings. The number of nitrogens with zero attached hydrogens (tertiary/aromatic N) is 7. The zero-order valence-corrected chi connectivity index (χ0v) is 13.1. The van der Waals surface area contributed by atoms with E-state index >= 15 is 0 Å². The molecule has 1 aliphatic heterocycles. The van der Waals surface area contributed by atoms with Crippen LogP contribution in [0.25, 0.3) is 11.0 Å². The molecule has 7 heteroatoms. The Bertz CT molecular complexity index is 805. The first-order valence-electron chi connectivity index (χ1n) is 7.85. The summed E-state index contributed by atoms with van der Waals surface area (Å²) >= 11 is 0. The van der Waals surface area contributed by atoms with Crippen LogP contribution in [0, 0.1) is 6.92 Å². The average molecular weight is 309 g/mol. The number of rotatable bonds is 3. The molecule has 1 saturated heterocycles. The summed E-state index contributed by atoms with van der Waals surface area (Å²) in [7, 11) is 0. The van der Waals surface area contributed by atoms with E-state index in [2.05, 4.69) is 36.1 Å². The molecular weight excluding hydrogens is 290 g/mol. The number of fused-ring (bicyclic) bond motifs is 1. The van der Waals surface area contributed by atoms with Crippen molar-refractivity contribution in [2.75, 3.05) is 31.1 Å². The van der Waals surface area contributed by atoms with E-state index in [1.165, 1.54) is 0 Å². The lowest BCUT2D eigenvalue weighted by Crippen LogP contribution is -2.47. The van der Waals surface area contributed by atoms with Crippen molar-refractivity contribution in [3.63, 3.8) is 0 Å². The SMILES string of the molecule is Cc1ccnc(N2CCN(Cn3nnc4ccccc43)CC2)n1. The van der Waals surface area contributed by atoms with Crippen LogP contribution in [-0.4, -0.2) is 56.0 Å². The Labute approximate surface area is 134 Å². The average Bonchev–Trinajstić information content (AvgIpc) is 2.99. The zero-order valence-electron chi connectivity index (χ0n) is 13.1. The molecule has 0 amide bonds. The van der Waals surface area contributed by atoms with E-state index in [1.807, 2.05) is 42.1 Å². The molecule has 118 valence electrons. The Morgan fingerprint density at radius 1 is 1.04 bits per heavy atom. The third-order valence-corrected chi connectivity index (χ3v) is 4.19. The van der Waals surface area contributed by atoms with E-state index < -0.39 is 0 Å². The molecule has 0 unspecified atom stereocenters. The van der Waals surface area contributed by atoms with Gasteiger partial charge in [-0.15, -0.1) is 5.10 Å². The second-order valence-electron chi connectivity index (χ2n) is 5.82. The summed E-state index contributed by atoms with van der Waals surface area (Å²) in [6.07, 6.45) is 1.82. The number of para-hydroxylation sites is 1. The predicted octanol–water partition coefficient (Wildman–Crippen LogP) is 1.31. The molecule has 2 aromatic heterocycles. The van der Waals surface area contributed by atoms with Crippen molar-refractivity contribution in [1.82, 2.24) is 29.9 Å². The van der Waals surface area contributed by atoms with Gasteiger partial charge in [-0.25, -0.2) is 14.6 Å². The number of aromatic nitrogens is 5. The molecule has 0 radical (unpaired) electrons. The minimum atomic E-state index is 0.767. The van der Waals surface area contributed by atoms with E-state index in [9.17, 15) is 0 Å². The van der Waals surface area contributed by atoms with Gasteiger partial charge in [-0.3, -0.25) is 4.90 Å². The van der Waals surface area contributed by atoms with Crippen LogP contribution < -0.4 is 4.90 Å². The normalized spacial score (nSPS) is 16.1. The largest absolute Gasteiger partial charge is 0.338 e. The van der Waals surface area contributed by atoms with E-state index in [4.69, 9.17) is 0 Å². The first-order chi connectivity index (χ1) is 11.3. The molecule has 0 atom stereocenters. The molecule has 0 N–H and O–H groups in total. The number of hydrogen-bond donors (Lipinski definition) is 0. The number of piperazine rings is 1. The number of anilines is 1. The molecule has 1 fully saturated rings. The summed E-state index contributed by atoms with van der Waals surface area (Å²) in [5.74, 6) is 0.829. The molecule has 0 spiro atoms. The smallest absolute Gasteiger partial charge is 0.225 e. The lowest BCUT2D eigenvalue weighted by Gasteiger charge is -2.34. The number of benzene rings is 1. The van der Waals surface area contributed by atoms with Crippen LogP contribution >= 0.6 is 0 Å². The molecule has 1 aromatic carbocycles. The Kier molecular flexibility index (Phi) is 3.63. The summed E-state index contributed by atoms with van der Waals surface area (Å²) in [5, 5.41) is 8.48. The lowest BCUT2D eigenvalue weighted by molar-refractivity contribution is 0.197. The van der Waals surface area contributed by atoms with Gasteiger partial charge in [0, 0.05) is 38.1 Å². The van der Waals surface area contributed by atoms with E-state index in [0.717, 1.165) is 55.5 Å². The van der Waals surface area contributed by atoms with Gasteiger partial charge in [0.15, 0.2) is 0 Å². The monoisotopic (exact) mass is 309 g/mol. The van der Waals surface area contributed by atoms with Gasteiger partial charge in [0.25, 0.3) is 0 Å². The van der Waals surface area contributed by atoms with E-state index in [1.54, 1.807) is 0 Å². The fraction of sp³-hybridized carbons (Fsp3) is 0.375. The zero-order chi connectivity index (χ0) is 15.6. The summed E-state index contributed by atoms with van der Waals surface area (Å²) < 4.78 is 1.97. The Balaban J connectivity index is 1.42. The van der Waals surface area contributed by atoms with Crippen LogP contribution in [0.2, 0.25) is 0 Å². The third-order valence-electron chi connectivity index (χ3n) is 4.19. The van der Waals surface area contributed by atoms with Crippen LogP contribution in [0.4, 0.5) is 5.95 Å². The highest BCUT2D eigenvalue weighted by Gasteiger charge is 2.19. The number of aryl methyl sites for hydroxylation is 1. The predicted molar refractivity (Wildman–Crippen MR) is 88.1 cm³/mol. The van der Waals surface area contributed by atoms with Crippen molar-refractivity contribution < 1.29 is 0 Å². The molecule has 3 heterocycles. The summed E-state index contributed by atoms with van der Waals surface area (Å²) in [6, 6.07) is 9.99. The summed E-state index contributed by atoms with van der Waals surface area (Å²) in [6.45, 7) is 6.55. The topological polar surface area (TPSA) is 63.0 Å². The van der Waals surface area contributed by atoms with E-state index in [-0.39, 0.29) is 0 Å². The molecule has 0 aliphatic carbocycles. The van der Waals surface area contributed by atoms with Crippen molar-refractivity contribution in [2.24, 2.45) is 0 Å². The number of hydrogen-bond acceptors (Lipinski definition) is 6. The Morgan fingerprint density at radius 3 is 2.70 bits per heavy atom. The molecule has 0 bridgehead atoms. The van der Waals surface area contributed by atoms with Crippen molar-refractivity contribution in [3.8, 4) is 0 Å². The fourth-order valence-corrected chi connectivity index (χ4v) is 2.89. The van der Waals surface area contributed by atoms with Gasteiger partial charge >= 0.3 is 0 Å². The molecular formula is C16H19N7. The van der Waals surface area contributed by atoms with Crippen molar-refractivity contribution >= 4 is 17.0 Å². The minimum absolute atomic E-state index is 0.767. The third kappa shape index (κ3) is 2.87. The molecule has 7 nitrogen and oxygen atoms in total. The van der Waals surface area contributed by atoms with Gasteiger partial charge in [-0.1, -0.05) is 17.3 Å². The Hall–Kier alpha value is -2.54. The molecule has 4 rings (SSSR count). The van der Waals surface area contributed by atoms with Crippen LogP contribution in [-0.2, 0) is 6.67 Å². The van der Waals surface area contributed by atoms with Crippen molar-refractivity contribution in [3.05, 3.63) is 42.2 Å². The molecule has 1 aliphatic rings. The second-order valence-corrected chi connectivity index (χ2v) is 5.82. The maximum Gasteiger partial charge on any atom is 0.225 e. The highest BCUT2D eigenvalue weighted by Crippen LogP contribution is 2.14. The second kappa shape index (κ2) is 5.92. The fourth-order valence-electron chi connectivity index (χ4n) is 2.89. The van der Waals surface area contributed by atoms with Crippen molar-refractivity contribution in [1.29, 1.82) is 0 Å². The van der Waals surface area contributed by atoms with Crippen LogP contribution in [0.3, 0.4) is 0 Å². The molecule has 23 heavy (non-hydrogen) atoms. The Morgan fingerprint density at radius 2 is 1.87 bits per heavy atom. The van der Waals surface area contributed by atoms with Crippen LogP contribution in [0.15, 0.2) is 36.5 Å². The summed E-state index contributed by atoms with van der Waals surface area (Å²) in [4.78, 5) is 13.5. The highest BCUT2D eigenvalue weighted by molar-refractivity contribution is 5.73. The van der Waals surface area contributed by atoms with Gasteiger partial charge in [0.1, 0.15) is 5.52 Å². The summed E-state index contributed by atoms with van der Waals surface area (Å²) in [5.41, 5.74) is 3.03. The van der Waals surface area contributed by atoms with Gasteiger partial charge in [0.05, 0.1) is 12.2 Å². The maximum absolute atomic E-state index is 4.51. The first kappa shape index (κ1) is 14.1. The van der Waals surface area contributed by atoms with Crippen LogP contribution in [0.5, 0.6) is 0 Å². The van der Waals surface area contributed by atoms with E-state index in [0.29, 0.717) is 0 Å². The maximum atomic E-state index is 4.51. The lowest BCUT2D eigenvalue weighted by atomic mass is 10.3. The first-order valence-corrected chi connectivity index (χ1v) is 7.85. The van der Waals surface area contributed by atoms with Gasteiger partial charge < -0.3 is 4.90 Å². The van der Waals surface area contributed by atoms with Crippen molar-refractivity contribution in [2.45, 2.75) is 13.6 Å². The van der Waals surface area contributed by atoms with Gasteiger partial charge in [-0.2, -0.15) is 0 Å². The minimum Gasteiger partial charge on any atom is -0.338 e. The van der Waals surface area contributed by atoms with Gasteiger partial charge in [-0.05, 0) is 25.1 Å². The van der Waals surface area contributed by atoms with Crippen LogP contribution in [0.1, 0.15) is 5.69 Å². The quantitative estimate of drug-likeness (QED) is 0.727. The standard InChI is InChI=1S/C16H19N7/c1-13-6-7-17-16(18-13)22-10-8-21(9-11-22)12-23-15-5-3-2-4-14(15)19-20-23/h2-7H,8-12H2,1H3. The molecule has 0 saturated carbocycles. The van der Waals surface area contributed by atoms with Gasteiger partial charge in [0.2, 0.25) is 5.95 Å². The highest BCUT2D eigenvalue weighted by atomic mass is 15.5.